The van der Waals surface area contributed by atoms with E-state index in [1.807, 2.05) is 0 Å². The van der Waals surface area contributed by atoms with Gasteiger partial charge in [-0.1, -0.05) is 13.8 Å². The summed E-state index contributed by atoms with van der Waals surface area (Å²) in [6, 6.07) is 0.385. The molecule has 5 fully saturated rings. The summed E-state index contributed by atoms with van der Waals surface area (Å²) in [4.78, 5) is 17.6. The number of piperidine rings is 1. The van der Waals surface area contributed by atoms with Crippen molar-refractivity contribution in [2.45, 2.75) is 70.9 Å². The van der Waals surface area contributed by atoms with Gasteiger partial charge in [0.1, 0.15) is 0 Å². The number of amides is 1. The Morgan fingerprint density at radius 3 is 2.45 bits per heavy atom. The van der Waals surface area contributed by atoms with Gasteiger partial charge in [-0.15, -0.1) is 0 Å². The Bertz CT molecular complexity index is 784. The van der Waals surface area contributed by atoms with E-state index in [9.17, 15) is 9.90 Å². The fourth-order valence-corrected chi connectivity index (χ4v) is 10.0. The minimum Gasteiger partial charge on any atom is -0.393 e. The van der Waals surface area contributed by atoms with Crippen LogP contribution in [0.25, 0.3) is 0 Å². The topological polar surface area (TPSA) is 43.8 Å². The SMILES string of the molecule is CN1CCC2(CC1)C1=CC(=O)N(C)[C@@H]3C2C[C@H]2[C@@H]4CC[C@H](O)[C@@]4(C)CC[C@@H]2[C@@]13C. The van der Waals surface area contributed by atoms with Crippen molar-refractivity contribution in [3.63, 3.8) is 0 Å². The number of carbonyl (C=O) groups is 1. The molecule has 1 unspecified atom stereocenters. The monoisotopic (exact) mass is 398 g/mol. The maximum atomic E-state index is 13.0. The summed E-state index contributed by atoms with van der Waals surface area (Å²) < 4.78 is 0. The second-order valence-electron chi connectivity index (χ2n) is 12.1. The van der Waals surface area contributed by atoms with Crippen LogP contribution in [0.2, 0.25) is 0 Å². The molecule has 0 aromatic carbocycles. The Labute approximate surface area is 175 Å². The zero-order chi connectivity index (χ0) is 20.3. The van der Waals surface area contributed by atoms with Gasteiger partial charge in [-0.05, 0) is 105 Å². The number of fused-ring (bicyclic) bond motifs is 5. The lowest BCUT2D eigenvalue weighted by Gasteiger charge is -2.59. The summed E-state index contributed by atoms with van der Waals surface area (Å²) >= 11 is 0. The van der Waals surface area contributed by atoms with Crippen molar-refractivity contribution < 1.29 is 9.90 Å². The van der Waals surface area contributed by atoms with E-state index in [1.165, 1.54) is 32.1 Å². The van der Waals surface area contributed by atoms with Crippen LogP contribution in [0, 0.1) is 39.9 Å². The first-order valence-corrected chi connectivity index (χ1v) is 12.1. The van der Waals surface area contributed by atoms with Crippen LogP contribution in [0.1, 0.15) is 58.8 Å². The van der Waals surface area contributed by atoms with Gasteiger partial charge >= 0.3 is 0 Å². The Kier molecular flexibility index (Phi) is 3.69. The molecule has 1 saturated heterocycles. The molecule has 4 nitrogen and oxygen atoms in total. The summed E-state index contributed by atoms with van der Waals surface area (Å²) in [5, 5.41) is 10.8. The van der Waals surface area contributed by atoms with Gasteiger partial charge in [0.15, 0.2) is 0 Å². The zero-order valence-corrected chi connectivity index (χ0v) is 18.7. The van der Waals surface area contributed by atoms with E-state index in [0.717, 1.165) is 31.8 Å². The fourth-order valence-electron chi connectivity index (χ4n) is 10.0. The number of nitrogens with zero attached hydrogens (tertiary/aromatic N) is 2. The van der Waals surface area contributed by atoms with E-state index in [2.05, 4.69) is 43.8 Å². The number of hydrogen-bond acceptors (Lipinski definition) is 3. The zero-order valence-electron chi connectivity index (χ0n) is 18.7. The molecule has 4 heteroatoms. The minimum absolute atomic E-state index is 0.110. The standard InChI is InChI=1S/C25H38N2O2/c1-23-8-7-17-15(16(23)5-6-20(23)28)13-18-22-24(17,2)19(14-21(29)27(22)4)25(18)9-11-26(3)12-10-25/h14-18,20,22,28H,5-13H2,1-4H3/t15-,16-,17-,18?,20-,22+,23-,24-/m0/s1. The number of aliphatic hydroxyl groups is 1. The lowest BCUT2D eigenvalue weighted by Crippen LogP contribution is -2.60. The second-order valence-corrected chi connectivity index (χ2v) is 12.1. The number of rotatable bonds is 0. The van der Waals surface area contributed by atoms with Gasteiger partial charge in [-0.25, -0.2) is 0 Å². The minimum atomic E-state index is -0.110. The molecule has 0 radical (unpaired) electrons. The Morgan fingerprint density at radius 1 is 1.00 bits per heavy atom. The molecule has 4 bridgehead atoms. The molecule has 8 atom stereocenters. The summed E-state index contributed by atoms with van der Waals surface area (Å²) in [6.45, 7) is 7.23. The highest BCUT2D eigenvalue weighted by Crippen LogP contribution is 2.75. The van der Waals surface area contributed by atoms with Crippen molar-refractivity contribution in [1.29, 1.82) is 0 Å². The molecule has 160 valence electrons. The summed E-state index contributed by atoms with van der Waals surface area (Å²) in [5.41, 5.74) is 2.04. The predicted octanol–water partition coefficient (Wildman–Crippen LogP) is 3.31. The van der Waals surface area contributed by atoms with Gasteiger partial charge in [0, 0.05) is 24.6 Å². The molecule has 2 heterocycles. The van der Waals surface area contributed by atoms with Crippen molar-refractivity contribution in [1.82, 2.24) is 9.80 Å². The van der Waals surface area contributed by atoms with Gasteiger partial charge in [0.2, 0.25) is 5.91 Å². The van der Waals surface area contributed by atoms with E-state index in [1.54, 1.807) is 5.57 Å². The van der Waals surface area contributed by atoms with E-state index in [-0.39, 0.29) is 28.3 Å². The molecule has 1 amide bonds. The molecule has 4 aliphatic carbocycles. The normalized spacial score (nSPS) is 53.1. The summed E-state index contributed by atoms with van der Waals surface area (Å²) in [6.07, 6.45) is 10.3. The largest absolute Gasteiger partial charge is 0.393 e. The quantitative estimate of drug-likeness (QED) is 0.681. The van der Waals surface area contributed by atoms with Crippen LogP contribution >= 0.6 is 0 Å². The summed E-state index contributed by atoms with van der Waals surface area (Å²) in [5.74, 6) is 2.92. The number of hydrogen-bond donors (Lipinski definition) is 1. The van der Waals surface area contributed by atoms with Crippen LogP contribution in [-0.4, -0.2) is 60.1 Å². The highest BCUT2D eigenvalue weighted by atomic mass is 16.3. The molecular formula is C25H38N2O2. The average molecular weight is 399 g/mol. The van der Waals surface area contributed by atoms with Gasteiger partial charge < -0.3 is 14.9 Å². The van der Waals surface area contributed by atoms with Crippen LogP contribution in [0.4, 0.5) is 0 Å². The van der Waals surface area contributed by atoms with E-state index in [0.29, 0.717) is 23.8 Å². The van der Waals surface area contributed by atoms with Crippen molar-refractivity contribution in [2.24, 2.45) is 39.9 Å². The molecule has 6 aliphatic rings. The van der Waals surface area contributed by atoms with Crippen LogP contribution < -0.4 is 0 Å². The molecule has 29 heavy (non-hydrogen) atoms. The Morgan fingerprint density at radius 2 is 1.72 bits per heavy atom. The predicted molar refractivity (Wildman–Crippen MR) is 113 cm³/mol. The van der Waals surface area contributed by atoms with Crippen molar-refractivity contribution in [3.8, 4) is 0 Å². The average Bonchev–Trinajstić information content (AvgIpc) is 3.03. The number of likely N-dealkylation sites (tertiary alicyclic amines) is 1. The smallest absolute Gasteiger partial charge is 0.246 e. The van der Waals surface area contributed by atoms with E-state index >= 15 is 0 Å². The molecule has 6 rings (SSSR count). The van der Waals surface area contributed by atoms with Crippen LogP contribution in [0.5, 0.6) is 0 Å². The third-order valence-corrected chi connectivity index (χ3v) is 11.4. The van der Waals surface area contributed by atoms with Gasteiger partial charge in [-0.2, -0.15) is 0 Å². The van der Waals surface area contributed by atoms with E-state index < -0.39 is 0 Å². The first kappa shape index (κ1) is 18.9. The highest BCUT2D eigenvalue weighted by molar-refractivity contribution is 5.91. The molecular weight excluding hydrogens is 360 g/mol. The lowest BCUT2D eigenvalue weighted by molar-refractivity contribution is -0.143. The maximum absolute atomic E-state index is 13.0. The van der Waals surface area contributed by atoms with Crippen molar-refractivity contribution in [3.05, 3.63) is 11.6 Å². The molecule has 1 N–H and O–H groups in total. The highest BCUT2D eigenvalue weighted by Gasteiger charge is 2.73. The van der Waals surface area contributed by atoms with Crippen LogP contribution in [-0.2, 0) is 4.79 Å². The Balaban J connectivity index is 1.49. The summed E-state index contributed by atoms with van der Waals surface area (Å²) in [7, 11) is 4.32. The first-order chi connectivity index (χ1) is 13.7. The lowest BCUT2D eigenvalue weighted by atomic mass is 9.48. The third kappa shape index (κ3) is 2.02. The molecule has 0 aromatic rings. The van der Waals surface area contributed by atoms with Crippen LogP contribution in [0.3, 0.4) is 0 Å². The molecule has 2 aliphatic heterocycles. The van der Waals surface area contributed by atoms with E-state index in [4.69, 9.17) is 0 Å². The number of likely N-dealkylation sites (N-methyl/N-ethyl adjacent to an activating group) is 1. The molecule has 4 saturated carbocycles. The third-order valence-electron chi connectivity index (χ3n) is 11.4. The fraction of sp³-hybridized carbons (Fsp3) is 0.880. The van der Waals surface area contributed by atoms with Crippen molar-refractivity contribution >= 4 is 5.91 Å². The number of carbonyl (C=O) groups excluding carboxylic acids is 1. The van der Waals surface area contributed by atoms with Crippen molar-refractivity contribution in [2.75, 3.05) is 27.2 Å². The second kappa shape index (κ2) is 5.68. The van der Waals surface area contributed by atoms with Gasteiger partial charge in [-0.3, -0.25) is 4.79 Å². The first-order valence-electron chi connectivity index (χ1n) is 12.1. The Hall–Kier alpha value is -0.870. The van der Waals surface area contributed by atoms with Crippen LogP contribution in [0.15, 0.2) is 11.6 Å². The van der Waals surface area contributed by atoms with Gasteiger partial charge in [0.25, 0.3) is 0 Å². The molecule has 1 spiro atoms. The number of aliphatic hydroxyl groups excluding tert-OH is 1. The maximum Gasteiger partial charge on any atom is 0.246 e. The van der Waals surface area contributed by atoms with Gasteiger partial charge in [0.05, 0.1) is 6.10 Å². The molecule has 0 aromatic heterocycles.